The van der Waals surface area contributed by atoms with Gasteiger partial charge in [-0.1, -0.05) is 54.1 Å². The minimum Gasteiger partial charge on any atom is -0.300 e. The van der Waals surface area contributed by atoms with Crippen molar-refractivity contribution in [1.82, 2.24) is 9.13 Å². The number of hydrogen-bond acceptors (Lipinski definition) is 3. The number of rotatable bonds is 5. The van der Waals surface area contributed by atoms with Crippen molar-refractivity contribution in [2.75, 3.05) is 0 Å². The van der Waals surface area contributed by atoms with Crippen LogP contribution in [0.1, 0.15) is 22.1 Å². The molecule has 26 heavy (non-hydrogen) atoms. The van der Waals surface area contributed by atoms with Crippen LogP contribution in [0.4, 0.5) is 0 Å². The molecule has 4 nitrogen and oxygen atoms in total. The quantitative estimate of drug-likeness (QED) is 0.670. The van der Waals surface area contributed by atoms with E-state index in [1.165, 1.54) is 17.7 Å². The smallest absolute Gasteiger partial charge is 0.300 e. The van der Waals surface area contributed by atoms with Crippen molar-refractivity contribution < 1.29 is 0 Å². The van der Waals surface area contributed by atoms with Gasteiger partial charge in [0.05, 0.1) is 5.25 Å². The summed E-state index contributed by atoms with van der Waals surface area (Å²) in [6.07, 6.45) is 0. The molecule has 0 saturated carbocycles. The molecule has 1 atom stereocenters. The molecule has 0 amide bonds. The van der Waals surface area contributed by atoms with Crippen LogP contribution in [0.2, 0.25) is 5.02 Å². The molecule has 3 rings (SSSR count). The molecule has 3 aromatic rings. The van der Waals surface area contributed by atoms with Crippen LogP contribution in [0.5, 0.6) is 0 Å². The summed E-state index contributed by atoms with van der Waals surface area (Å²) >= 11 is 7.70. The number of benzene rings is 2. The van der Waals surface area contributed by atoms with Gasteiger partial charge in [-0.15, -0.1) is 11.8 Å². The van der Waals surface area contributed by atoms with Crippen LogP contribution >= 0.6 is 23.4 Å². The van der Waals surface area contributed by atoms with Gasteiger partial charge in [0.25, 0.3) is 5.56 Å². The minimum atomic E-state index is -0.309. The largest absolute Gasteiger partial charge is 0.330 e. The van der Waals surface area contributed by atoms with Gasteiger partial charge in [0.1, 0.15) is 0 Å². The highest BCUT2D eigenvalue weighted by molar-refractivity contribution is 7.98. The summed E-state index contributed by atoms with van der Waals surface area (Å²) in [5.41, 5.74) is 2.40. The normalized spacial score (nSPS) is 12.1. The standard InChI is InChI=1S/C20H19ClN2O2S/c1-22-17(12-18(24)23(2)20(22)25)13-26-19(14-6-4-3-5-7-14)15-8-10-16(21)11-9-15/h3-12,19H,13H2,1-2H3/t19-/m0/s1. The van der Waals surface area contributed by atoms with E-state index < -0.39 is 0 Å². The van der Waals surface area contributed by atoms with Crippen molar-refractivity contribution in [3.8, 4) is 0 Å². The first-order valence-electron chi connectivity index (χ1n) is 8.15. The average Bonchev–Trinajstić information content (AvgIpc) is 2.66. The number of halogens is 1. The predicted octanol–water partition coefficient (Wildman–Crippen LogP) is 3.76. The van der Waals surface area contributed by atoms with Gasteiger partial charge < -0.3 is 0 Å². The fourth-order valence-electron chi connectivity index (χ4n) is 2.74. The summed E-state index contributed by atoms with van der Waals surface area (Å²) < 4.78 is 2.64. The van der Waals surface area contributed by atoms with Crippen LogP contribution in [0.15, 0.2) is 70.3 Å². The van der Waals surface area contributed by atoms with Crippen molar-refractivity contribution in [2.24, 2.45) is 14.1 Å². The Bertz CT molecular complexity index is 1010. The zero-order valence-electron chi connectivity index (χ0n) is 14.6. The van der Waals surface area contributed by atoms with Crippen molar-refractivity contribution in [3.05, 3.63) is 103 Å². The molecule has 0 unspecified atom stereocenters. The molecule has 0 aliphatic heterocycles. The number of aromatic nitrogens is 2. The first-order valence-corrected chi connectivity index (χ1v) is 9.58. The summed E-state index contributed by atoms with van der Waals surface area (Å²) in [4.78, 5) is 24.1. The van der Waals surface area contributed by atoms with Crippen LogP contribution in [0.25, 0.3) is 0 Å². The second kappa shape index (κ2) is 7.98. The van der Waals surface area contributed by atoms with E-state index in [4.69, 9.17) is 11.6 Å². The Balaban J connectivity index is 1.94. The fourth-order valence-corrected chi connectivity index (χ4v) is 4.18. The molecule has 0 spiro atoms. The predicted molar refractivity (Wildman–Crippen MR) is 108 cm³/mol. The third kappa shape index (κ3) is 3.94. The Morgan fingerprint density at radius 2 is 1.54 bits per heavy atom. The second-order valence-electron chi connectivity index (χ2n) is 6.03. The average molecular weight is 387 g/mol. The maximum Gasteiger partial charge on any atom is 0.330 e. The molecule has 134 valence electrons. The van der Waals surface area contributed by atoms with E-state index in [-0.39, 0.29) is 16.5 Å². The lowest BCUT2D eigenvalue weighted by Crippen LogP contribution is -2.37. The zero-order chi connectivity index (χ0) is 18.7. The lowest BCUT2D eigenvalue weighted by molar-refractivity contribution is 0.665. The minimum absolute atomic E-state index is 0.0765. The van der Waals surface area contributed by atoms with Crippen LogP contribution in [0, 0.1) is 0 Å². The molecule has 6 heteroatoms. The SMILES string of the molecule is Cn1c(CS[C@@H](c2ccccc2)c2ccc(Cl)cc2)cc(=O)n(C)c1=O. The summed E-state index contributed by atoms with van der Waals surface area (Å²) in [7, 11) is 3.18. The summed E-state index contributed by atoms with van der Waals surface area (Å²) in [6, 6.07) is 19.5. The highest BCUT2D eigenvalue weighted by atomic mass is 35.5. The van der Waals surface area contributed by atoms with E-state index in [9.17, 15) is 9.59 Å². The van der Waals surface area contributed by atoms with Gasteiger partial charge in [0, 0.05) is 36.6 Å². The van der Waals surface area contributed by atoms with Crippen molar-refractivity contribution >= 4 is 23.4 Å². The Labute approximate surface area is 161 Å². The fraction of sp³-hybridized carbons (Fsp3) is 0.200. The van der Waals surface area contributed by atoms with Crippen LogP contribution in [-0.2, 0) is 19.8 Å². The molecule has 0 saturated heterocycles. The topological polar surface area (TPSA) is 44.0 Å². The molecule has 1 heterocycles. The maximum absolute atomic E-state index is 12.1. The summed E-state index contributed by atoms with van der Waals surface area (Å²) in [5, 5.41) is 0.771. The molecule has 0 aliphatic rings. The van der Waals surface area contributed by atoms with Crippen molar-refractivity contribution in [3.63, 3.8) is 0 Å². The Morgan fingerprint density at radius 1 is 0.923 bits per heavy atom. The number of nitrogens with zero attached hydrogens (tertiary/aromatic N) is 2. The molecular formula is C20H19ClN2O2S. The Morgan fingerprint density at radius 3 is 2.19 bits per heavy atom. The Hall–Kier alpha value is -2.24. The van der Waals surface area contributed by atoms with E-state index in [0.29, 0.717) is 16.5 Å². The highest BCUT2D eigenvalue weighted by Gasteiger charge is 2.16. The van der Waals surface area contributed by atoms with E-state index in [1.807, 2.05) is 42.5 Å². The maximum atomic E-state index is 12.1. The third-order valence-electron chi connectivity index (χ3n) is 4.30. The monoisotopic (exact) mass is 386 g/mol. The van der Waals surface area contributed by atoms with Crippen molar-refractivity contribution in [2.45, 2.75) is 11.0 Å². The van der Waals surface area contributed by atoms with Gasteiger partial charge in [-0.2, -0.15) is 0 Å². The van der Waals surface area contributed by atoms with Gasteiger partial charge in [-0.3, -0.25) is 13.9 Å². The van der Waals surface area contributed by atoms with Crippen LogP contribution < -0.4 is 11.2 Å². The van der Waals surface area contributed by atoms with Gasteiger partial charge in [-0.05, 0) is 23.3 Å². The molecule has 0 aliphatic carbocycles. The number of thioether (sulfide) groups is 1. The van der Waals surface area contributed by atoms with E-state index >= 15 is 0 Å². The van der Waals surface area contributed by atoms with Gasteiger partial charge >= 0.3 is 5.69 Å². The first kappa shape index (κ1) is 18.5. The van der Waals surface area contributed by atoms with E-state index in [1.54, 1.807) is 18.8 Å². The van der Waals surface area contributed by atoms with Crippen molar-refractivity contribution in [1.29, 1.82) is 0 Å². The molecule has 2 aromatic carbocycles. The summed E-state index contributed by atoms with van der Waals surface area (Å²) in [6.45, 7) is 0. The zero-order valence-corrected chi connectivity index (χ0v) is 16.1. The van der Waals surface area contributed by atoms with Gasteiger partial charge in [-0.25, -0.2) is 4.79 Å². The lowest BCUT2D eigenvalue weighted by atomic mass is 10.0. The highest BCUT2D eigenvalue weighted by Crippen LogP contribution is 2.37. The van der Waals surface area contributed by atoms with E-state index in [2.05, 4.69) is 12.1 Å². The molecule has 1 aromatic heterocycles. The van der Waals surface area contributed by atoms with Gasteiger partial charge in [0.15, 0.2) is 0 Å². The molecule has 0 radical (unpaired) electrons. The molecule has 0 bridgehead atoms. The molecular weight excluding hydrogens is 368 g/mol. The number of hydrogen-bond donors (Lipinski definition) is 0. The molecule has 0 N–H and O–H groups in total. The summed E-state index contributed by atoms with van der Waals surface area (Å²) in [5.74, 6) is 0.546. The lowest BCUT2D eigenvalue weighted by Gasteiger charge is -2.19. The van der Waals surface area contributed by atoms with E-state index in [0.717, 1.165) is 15.7 Å². The van der Waals surface area contributed by atoms with Gasteiger partial charge in [0.2, 0.25) is 0 Å². The van der Waals surface area contributed by atoms with Crippen LogP contribution in [-0.4, -0.2) is 9.13 Å². The Kier molecular flexibility index (Phi) is 5.69. The first-order chi connectivity index (χ1) is 12.5. The second-order valence-corrected chi connectivity index (χ2v) is 7.56. The molecule has 0 fully saturated rings. The van der Waals surface area contributed by atoms with Crippen LogP contribution in [0.3, 0.4) is 0 Å². The third-order valence-corrected chi connectivity index (χ3v) is 5.89.